The summed E-state index contributed by atoms with van der Waals surface area (Å²) in [5.41, 5.74) is 0.161. The first kappa shape index (κ1) is 11.0. The molecule has 6 nitrogen and oxygen atoms in total. The average molecular weight is 232 g/mol. The van der Waals surface area contributed by atoms with Crippen LogP contribution in [0.4, 0.5) is 5.69 Å². The number of nitro groups is 1. The molecule has 1 aromatic heterocycles. The first-order valence-corrected chi connectivity index (χ1v) is 4.74. The minimum Gasteiger partial charge on any atom is -0.496 e. The van der Waals surface area contributed by atoms with Crippen molar-refractivity contribution in [3.63, 3.8) is 0 Å². The Labute approximate surface area is 96.0 Å². The molecule has 2 aromatic rings. The summed E-state index contributed by atoms with van der Waals surface area (Å²) < 4.78 is 4.97. The lowest BCUT2D eigenvalue weighted by molar-refractivity contribution is -0.383. The smallest absolute Gasteiger partial charge is 0.299 e. The van der Waals surface area contributed by atoms with Crippen LogP contribution >= 0.6 is 0 Å². The standard InChI is InChI=1S/C11H8N2O4/c1-17-9-4-7-2-3-8(6-14)12-11(7)10(5-9)13(15)16/h2-6H,1H3. The third-order valence-electron chi connectivity index (χ3n) is 2.32. The van der Waals surface area contributed by atoms with Gasteiger partial charge in [0.2, 0.25) is 0 Å². The highest BCUT2D eigenvalue weighted by Gasteiger charge is 2.16. The molecule has 0 unspecified atom stereocenters. The third kappa shape index (κ3) is 1.92. The number of rotatable bonds is 3. The SMILES string of the molecule is COc1cc([N+](=O)[O-])c2nc(C=O)ccc2c1. The molecule has 1 aromatic carbocycles. The Morgan fingerprint density at radius 3 is 2.76 bits per heavy atom. The molecule has 86 valence electrons. The summed E-state index contributed by atoms with van der Waals surface area (Å²) in [5, 5.41) is 11.5. The van der Waals surface area contributed by atoms with Crippen LogP contribution in [0.1, 0.15) is 10.5 Å². The monoisotopic (exact) mass is 232 g/mol. The van der Waals surface area contributed by atoms with Gasteiger partial charge in [-0.2, -0.15) is 0 Å². The predicted molar refractivity (Wildman–Crippen MR) is 60.3 cm³/mol. The molecule has 0 radical (unpaired) electrons. The molecule has 0 atom stereocenters. The Balaban J connectivity index is 2.81. The van der Waals surface area contributed by atoms with Crippen molar-refractivity contribution in [1.82, 2.24) is 4.98 Å². The van der Waals surface area contributed by atoms with Gasteiger partial charge in [-0.25, -0.2) is 4.98 Å². The van der Waals surface area contributed by atoms with Crippen molar-refractivity contribution >= 4 is 22.9 Å². The van der Waals surface area contributed by atoms with Crippen molar-refractivity contribution in [2.24, 2.45) is 0 Å². The molecule has 0 aliphatic carbocycles. The molecule has 0 saturated heterocycles. The van der Waals surface area contributed by atoms with Crippen molar-refractivity contribution < 1.29 is 14.5 Å². The van der Waals surface area contributed by atoms with Crippen LogP contribution in [0.5, 0.6) is 5.75 Å². The quantitative estimate of drug-likeness (QED) is 0.459. The summed E-state index contributed by atoms with van der Waals surface area (Å²) in [6.07, 6.45) is 0.549. The zero-order chi connectivity index (χ0) is 12.4. The average Bonchev–Trinajstić information content (AvgIpc) is 2.36. The lowest BCUT2D eigenvalue weighted by Gasteiger charge is -2.03. The van der Waals surface area contributed by atoms with Gasteiger partial charge in [-0.05, 0) is 12.1 Å². The third-order valence-corrected chi connectivity index (χ3v) is 2.32. The van der Waals surface area contributed by atoms with E-state index in [-0.39, 0.29) is 16.9 Å². The highest BCUT2D eigenvalue weighted by molar-refractivity contribution is 5.91. The van der Waals surface area contributed by atoms with Gasteiger partial charge in [0.1, 0.15) is 17.0 Å². The zero-order valence-corrected chi connectivity index (χ0v) is 8.91. The van der Waals surface area contributed by atoms with Crippen LogP contribution in [0.25, 0.3) is 10.9 Å². The number of nitro benzene ring substituents is 1. The molecule has 0 N–H and O–H groups in total. The van der Waals surface area contributed by atoms with E-state index < -0.39 is 4.92 Å². The van der Waals surface area contributed by atoms with Crippen LogP contribution in [0.2, 0.25) is 0 Å². The molecule has 1 heterocycles. The Morgan fingerprint density at radius 1 is 1.41 bits per heavy atom. The molecule has 17 heavy (non-hydrogen) atoms. The summed E-state index contributed by atoms with van der Waals surface area (Å²) in [7, 11) is 1.43. The van der Waals surface area contributed by atoms with E-state index in [9.17, 15) is 14.9 Å². The van der Waals surface area contributed by atoms with Gasteiger partial charge in [0.25, 0.3) is 5.69 Å². The minimum atomic E-state index is -0.549. The number of hydrogen-bond acceptors (Lipinski definition) is 5. The van der Waals surface area contributed by atoms with Crippen LogP contribution in [-0.2, 0) is 0 Å². The summed E-state index contributed by atoms with van der Waals surface area (Å²) in [6, 6.07) is 6.01. The molecule has 0 amide bonds. The van der Waals surface area contributed by atoms with Crippen molar-refractivity contribution in [3.05, 3.63) is 40.1 Å². The van der Waals surface area contributed by atoms with Crippen molar-refractivity contribution in [2.75, 3.05) is 7.11 Å². The minimum absolute atomic E-state index is 0.158. The second-order valence-electron chi connectivity index (χ2n) is 3.33. The first-order valence-electron chi connectivity index (χ1n) is 4.74. The second kappa shape index (κ2) is 4.17. The number of fused-ring (bicyclic) bond motifs is 1. The predicted octanol–water partition coefficient (Wildman–Crippen LogP) is 1.96. The number of aromatic nitrogens is 1. The van der Waals surface area contributed by atoms with E-state index >= 15 is 0 Å². The van der Waals surface area contributed by atoms with Gasteiger partial charge in [0.05, 0.1) is 18.1 Å². The van der Waals surface area contributed by atoms with Gasteiger partial charge >= 0.3 is 0 Å². The number of methoxy groups -OCH3 is 1. The van der Waals surface area contributed by atoms with E-state index in [0.717, 1.165) is 0 Å². The van der Waals surface area contributed by atoms with Crippen LogP contribution in [0, 0.1) is 10.1 Å². The van der Waals surface area contributed by atoms with Gasteiger partial charge in [0, 0.05) is 5.39 Å². The van der Waals surface area contributed by atoms with Crippen molar-refractivity contribution in [3.8, 4) is 5.75 Å². The molecule has 0 aliphatic heterocycles. The molecule has 6 heteroatoms. The normalized spacial score (nSPS) is 10.2. The number of non-ortho nitro benzene ring substituents is 1. The number of pyridine rings is 1. The molecule has 0 saturated carbocycles. The molecular formula is C11H8N2O4. The summed E-state index contributed by atoms with van der Waals surface area (Å²) in [6.45, 7) is 0. The number of hydrogen-bond donors (Lipinski definition) is 0. The summed E-state index contributed by atoms with van der Waals surface area (Å²) in [4.78, 5) is 24.9. The van der Waals surface area contributed by atoms with Gasteiger partial charge in [-0.15, -0.1) is 0 Å². The summed E-state index contributed by atoms with van der Waals surface area (Å²) >= 11 is 0. The van der Waals surface area contributed by atoms with E-state index in [1.807, 2.05) is 0 Å². The fourth-order valence-corrected chi connectivity index (χ4v) is 1.53. The number of carbonyl (C=O) groups is 1. The van der Waals surface area contributed by atoms with Crippen LogP contribution in [0.3, 0.4) is 0 Å². The summed E-state index contributed by atoms with van der Waals surface area (Å²) in [5.74, 6) is 0.379. The second-order valence-corrected chi connectivity index (χ2v) is 3.33. The zero-order valence-electron chi connectivity index (χ0n) is 8.91. The number of benzene rings is 1. The molecule has 0 fully saturated rings. The molecule has 0 spiro atoms. The number of carbonyl (C=O) groups excluding carboxylic acids is 1. The maximum Gasteiger partial charge on any atom is 0.299 e. The van der Waals surface area contributed by atoms with E-state index in [2.05, 4.69) is 4.98 Å². The van der Waals surface area contributed by atoms with E-state index in [1.165, 1.54) is 19.2 Å². The molecular weight excluding hydrogens is 224 g/mol. The highest BCUT2D eigenvalue weighted by atomic mass is 16.6. The van der Waals surface area contributed by atoms with Gasteiger partial charge in [-0.3, -0.25) is 14.9 Å². The van der Waals surface area contributed by atoms with Gasteiger partial charge < -0.3 is 4.74 Å². The van der Waals surface area contributed by atoms with Gasteiger partial charge in [-0.1, -0.05) is 6.07 Å². The maximum absolute atomic E-state index is 10.9. The van der Waals surface area contributed by atoms with Crippen LogP contribution in [0.15, 0.2) is 24.3 Å². The Kier molecular flexibility index (Phi) is 2.70. The maximum atomic E-state index is 10.9. The molecule has 0 aliphatic rings. The number of aldehydes is 1. The Morgan fingerprint density at radius 2 is 2.18 bits per heavy atom. The lowest BCUT2D eigenvalue weighted by Crippen LogP contribution is -1.95. The van der Waals surface area contributed by atoms with Crippen LogP contribution < -0.4 is 4.74 Å². The largest absolute Gasteiger partial charge is 0.496 e. The Hall–Kier alpha value is -2.50. The van der Waals surface area contributed by atoms with E-state index in [4.69, 9.17) is 4.74 Å². The van der Waals surface area contributed by atoms with Crippen molar-refractivity contribution in [1.29, 1.82) is 0 Å². The fourth-order valence-electron chi connectivity index (χ4n) is 1.53. The number of ether oxygens (including phenoxy) is 1. The lowest BCUT2D eigenvalue weighted by atomic mass is 10.1. The van der Waals surface area contributed by atoms with Crippen molar-refractivity contribution in [2.45, 2.75) is 0 Å². The van der Waals surface area contributed by atoms with E-state index in [1.54, 1.807) is 12.1 Å². The fraction of sp³-hybridized carbons (Fsp3) is 0.0909. The van der Waals surface area contributed by atoms with E-state index in [0.29, 0.717) is 17.4 Å². The van der Waals surface area contributed by atoms with Gasteiger partial charge in [0.15, 0.2) is 6.29 Å². The highest BCUT2D eigenvalue weighted by Crippen LogP contribution is 2.29. The Bertz CT molecular complexity index is 610. The van der Waals surface area contributed by atoms with Crippen LogP contribution in [-0.4, -0.2) is 23.3 Å². The first-order chi connectivity index (χ1) is 8.15. The number of nitrogens with zero attached hydrogens (tertiary/aromatic N) is 2. The molecule has 2 rings (SSSR count). The topological polar surface area (TPSA) is 82.3 Å². The molecule has 0 bridgehead atoms.